The van der Waals surface area contributed by atoms with E-state index in [-0.39, 0.29) is 25.4 Å². The Morgan fingerprint density at radius 1 is 1.12 bits per heavy atom. The lowest BCUT2D eigenvalue weighted by molar-refractivity contribution is -0.172. The lowest BCUT2D eigenvalue weighted by Gasteiger charge is -2.31. The zero-order valence-corrected chi connectivity index (χ0v) is 18.8. The van der Waals surface area contributed by atoms with Crippen LogP contribution in [-0.4, -0.2) is 34.0 Å². The maximum atomic E-state index is 13.5. The van der Waals surface area contributed by atoms with E-state index in [9.17, 15) is 14.7 Å². The van der Waals surface area contributed by atoms with E-state index in [4.69, 9.17) is 24.9 Å². The third-order valence-electron chi connectivity index (χ3n) is 7.18. The van der Waals surface area contributed by atoms with Crippen LogP contribution in [0.25, 0.3) is 22.3 Å². The molecule has 0 aliphatic carbocycles. The lowest BCUT2D eigenvalue weighted by Crippen LogP contribution is -2.44. The SMILES string of the molecule is CC[C@@]1(O)C(=O)OCc2c1cc1n(c2=O)Cc2c-1nc1cc3c(cc1c2CCCCN)OCO3. The number of aryl methyl sites for hydroxylation is 1. The van der Waals surface area contributed by atoms with E-state index in [0.717, 1.165) is 41.3 Å². The first-order valence-electron chi connectivity index (χ1n) is 11.6. The fourth-order valence-electron chi connectivity index (χ4n) is 5.28. The minimum atomic E-state index is -1.85. The number of unbranched alkanes of at least 4 members (excludes halogenated alkanes) is 1. The fraction of sp³-hybridized carbons (Fsp3) is 0.400. The molecule has 5 heterocycles. The van der Waals surface area contributed by atoms with Crippen molar-refractivity contribution in [2.45, 2.75) is 51.4 Å². The molecule has 2 aromatic heterocycles. The molecule has 0 amide bonds. The van der Waals surface area contributed by atoms with Gasteiger partial charge in [-0.1, -0.05) is 6.92 Å². The number of ether oxygens (including phenoxy) is 3. The average molecular weight is 463 g/mol. The summed E-state index contributed by atoms with van der Waals surface area (Å²) in [7, 11) is 0. The van der Waals surface area contributed by atoms with Crippen LogP contribution in [0.15, 0.2) is 23.0 Å². The predicted octanol–water partition coefficient (Wildman–Crippen LogP) is 2.09. The third kappa shape index (κ3) is 2.83. The van der Waals surface area contributed by atoms with Gasteiger partial charge in [-0.25, -0.2) is 9.78 Å². The summed E-state index contributed by atoms with van der Waals surface area (Å²) in [6.45, 7) is 2.69. The van der Waals surface area contributed by atoms with Crippen molar-refractivity contribution in [1.82, 2.24) is 9.55 Å². The summed E-state index contributed by atoms with van der Waals surface area (Å²) in [4.78, 5) is 30.8. The standard InChI is InChI=1S/C25H25N3O6/c1-2-25(31)17-8-19-22-15(10-28(19)23(29)16(17)11-32-24(25)30)13(5-3-4-6-26)14-7-20-21(34-12-33-20)9-18(14)27-22/h7-9,31H,2-6,10-12,26H2,1H3/t25-/m0/s1. The van der Waals surface area contributed by atoms with Crippen molar-refractivity contribution < 1.29 is 24.1 Å². The number of hydrogen-bond acceptors (Lipinski definition) is 8. The Kier molecular flexibility index (Phi) is 4.69. The van der Waals surface area contributed by atoms with E-state index >= 15 is 0 Å². The van der Waals surface area contributed by atoms with Crippen LogP contribution in [0, 0.1) is 0 Å². The number of pyridine rings is 2. The first-order chi connectivity index (χ1) is 16.5. The Balaban J connectivity index is 1.60. The Morgan fingerprint density at radius 3 is 2.68 bits per heavy atom. The van der Waals surface area contributed by atoms with Crippen molar-refractivity contribution in [3.63, 3.8) is 0 Å². The molecule has 34 heavy (non-hydrogen) atoms. The third-order valence-corrected chi connectivity index (χ3v) is 7.18. The zero-order valence-electron chi connectivity index (χ0n) is 18.8. The van der Waals surface area contributed by atoms with Crippen molar-refractivity contribution in [3.8, 4) is 22.9 Å². The number of aliphatic hydroxyl groups is 1. The maximum absolute atomic E-state index is 13.5. The largest absolute Gasteiger partial charge is 0.458 e. The molecular formula is C25H25N3O6. The predicted molar refractivity (Wildman–Crippen MR) is 123 cm³/mol. The quantitative estimate of drug-likeness (QED) is 0.340. The fourth-order valence-corrected chi connectivity index (χ4v) is 5.28. The summed E-state index contributed by atoms with van der Waals surface area (Å²) >= 11 is 0. The first kappa shape index (κ1) is 21.1. The normalized spacial score (nSPS) is 19.7. The monoisotopic (exact) mass is 463 g/mol. The molecule has 9 heteroatoms. The maximum Gasteiger partial charge on any atom is 0.343 e. The Bertz CT molecular complexity index is 1430. The summed E-state index contributed by atoms with van der Waals surface area (Å²) < 4.78 is 18.0. The summed E-state index contributed by atoms with van der Waals surface area (Å²) in [5.74, 6) is 0.588. The van der Waals surface area contributed by atoms with E-state index in [1.54, 1.807) is 17.6 Å². The van der Waals surface area contributed by atoms with Gasteiger partial charge in [-0.15, -0.1) is 0 Å². The molecule has 0 unspecified atom stereocenters. The molecule has 0 saturated carbocycles. The van der Waals surface area contributed by atoms with E-state index in [0.29, 0.717) is 47.1 Å². The molecule has 1 aromatic carbocycles. The van der Waals surface area contributed by atoms with Gasteiger partial charge in [0.2, 0.25) is 6.79 Å². The number of esters is 1. The molecule has 6 rings (SSSR count). The van der Waals surface area contributed by atoms with E-state index in [2.05, 4.69) is 0 Å². The molecule has 3 aliphatic heterocycles. The van der Waals surface area contributed by atoms with Gasteiger partial charge < -0.3 is 29.6 Å². The van der Waals surface area contributed by atoms with Crippen molar-refractivity contribution in [2.24, 2.45) is 5.73 Å². The highest BCUT2D eigenvalue weighted by Gasteiger charge is 2.45. The van der Waals surface area contributed by atoms with Gasteiger partial charge in [0.05, 0.1) is 29.0 Å². The second-order valence-electron chi connectivity index (χ2n) is 8.99. The minimum absolute atomic E-state index is 0.105. The van der Waals surface area contributed by atoms with Crippen molar-refractivity contribution in [3.05, 3.63) is 50.8 Å². The Morgan fingerprint density at radius 2 is 1.91 bits per heavy atom. The van der Waals surface area contributed by atoms with Gasteiger partial charge in [-0.05, 0) is 49.9 Å². The topological polar surface area (TPSA) is 126 Å². The van der Waals surface area contributed by atoms with Crippen LogP contribution in [-0.2, 0) is 34.7 Å². The zero-order chi connectivity index (χ0) is 23.6. The van der Waals surface area contributed by atoms with E-state index in [1.807, 2.05) is 12.1 Å². The molecule has 3 N–H and O–H groups in total. The first-order valence-corrected chi connectivity index (χ1v) is 11.6. The second-order valence-corrected chi connectivity index (χ2v) is 8.99. The molecule has 3 aliphatic rings. The Labute approximate surface area is 195 Å². The molecule has 176 valence electrons. The molecule has 0 saturated heterocycles. The smallest absolute Gasteiger partial charge is 0.343 e. The van der Waals surface area contributed by atoms with Gasteiger partial charge in [0.15, 0.2) is 17.1 Å². The number of fused-ring (bicyclic) bond motifs is 6. The van der Waals surface area contributed by atoms with Crippen molar-refractivity contribution in [1.29, 1.82) is 0 Å². The van der Waals surface area contributed by atoms with E-state index < -0.39 is 11.6 Å². The van der Waals surface area contributed by atoms with Crippen LogP contribution in [0.2, 0.25) is 0 Å². The lowest BCUT2D eigenvalue weighted by atomic mass is 9.86. The Hall–Kier alpha value is -3.43. The number of cyclic esters (lactones) is 1. The van der Waals surface area contributed by atoms with Crippen LogP contribution < -0.4 is 20.8 Å². The number of carbonyl (C=O) groups excluding carboxylic acids is 1. The molecule has 9 nitrogen and oxygen atoms in total. The summed E-state index contributed by atoms with van der Waals surface area (Å²) in [6, 6.07) is 5.56. The summed E-state index contributed by atoms with van der Waals surface area (Å²) in [5.41, 5.74) is 8.35. The highest BCUT2D eigenvalue weighted by atomic mass is 16.7. The molecule has 0 fully saturated rings. The number of aromatic nitrogens is 2. The highest BCUT2D eigenvalue weighted by Crippen LogP contribution is 2.43. The molecule has 0 bridgehead atoms. The molecular weight excluding hydrogens is 438 g/mol. The van der Waals surface area contributed by atoms with Crippen LogP contribution in [0.1, 0.15) is 48.4 Å². The molecule has 3 aromatic rings. The van der Waals surface area contributed by atoms with Crippen LogP contribution in [0.3, 0.4) is 0 Å². The van der Waals surface area contributed by atoms with Crippen molar-refractivity contribution >= 4 is 16.9 Å². The molecule has 1 atom stereocenters. The number of nitrogens with two attached hydrogens (primary N) is 1. The van der Waals surface area contributed by atoms with Crippen LogP contribution in [0.5, 0.6) is 11.5 Å². The molecule has 0 spiro atoms. The number of benzene rings is 1. The summed E-state index contributed by atoms with van der Waals surface area (Å²) in [5, 5.41) is 12.1. The van der Waals surface area contributed by atoms with Gasteiger partial charge in [-0.3, -0.25) is 4.79 Å². The van der Waals surface area contributed by atoms with Gasteiger partial charge >= 0.3 is 5.97 Å². The highest BCUT2D eigenvalue weighted by molar-refractivity contribution is 5.91. The average Bonchev–Trinajstić information content (AvgIpc) is 3.44. The van der Waals surface area contributed by atoms with Crippen molar-refractivity contribution in [2.75, 3.05) is 13.3 Å². The number of carbonyl (C=O) groups is 1. The van der Waals surface area contributed by atoms with Crippen LogP contribution >= 0.6 is 0 Å². The summed E-state index contributed by atoms with van der Waals surface area (Å²) in [6.07, 6.45) is 2.66. The minimum Gasteiger partial charge on any atom is -0.458 e. The second kappa shape index (κ2) is 7.54. The van der Waals surface area contributed by atoms with E-state index in [1.165, 1.54) is 0 Å². The molecule has 0 radical (unpaired) electrons. The van der Waals surface area contributed by atoms with Gasteiger partial charge in [0.1, 0.15) is 6.61 Å². The number of hydrogen-bond donors (Lipinski definition) is 2. The number of rotatable bonds is 5. The number of nitrogens with zero attached hydrogens (tertiary/aromatic N) is 2. The van der Waals surface area contributed by atoms with Gasteiger partial charge in [0, 0.05) is 22.6 Å². The van der Waals surface area contributed by atoms with Gasteiger partial charge in [-0.2, -0.15) is 0 Å². The van der Waals surface area contributed by atoms with Gasteiger partial charge in [0.25, 0.3) is 5.56 Å². The van der Waals surface area contributed by atoms with Crippen LogP contribution in [0.4, 0.5) is 0 Å².